The van der Waals surface area contributed by atoms with E-state index in [0.717, 1.165) is 30.8 Å². The van der Waals surface area contributed by atoms with Gasteiger partial charge in [-0.25, -0.2) is 0 Å². The maximum atomic E-state index is 12.3. The van der Waals surface area contributed by atoms with Crippen molar-refractivity contribution < 1.29 is 4.79 Å². The van der Waals surface area contributed by atoms with E-state index >= 15 is 0 Å². The van der Waals surface area contributed by atoms with Gasteiger partial charge in [0.15, 0.2) is 5.78 Å². The van der Waals surface area contributed by atoms with Crippen molar-refractivity contribution in [2.45, 2.75) is 31.8 Å². The molecule has 4 heteroatoms. The predicted molar refractivity (Wildman–Crippen MR) is 87.9 cm³/mol. The summed E-state index contributed by atoms with van der Waals surface area (Å²) in [7, 11) is 0. The number of benzene rings is 1. The smallest absolute Gasteiger partial charge is 0.174 e. The average Bonchev–Trinajstić information content (AvgIpc) is 3.20. The van der Waals surface area contributed by atoms with Crippen LogP contribution < -0.4 is 0 Å². The second-order valence-electron chi connectivity index (χ2n) is 5.68. The first kappa shape index (κ1) is 15.0. The lowest BCUT2D eigenvalue weighted by molar-refractivity contribution is 0.0942. The molecule has 1 atom stereocenters. The first-order chi connectivity index (χ1) is 10.8. The van der Waals surface area contributed by atoms with Crippen molar-refractivity contribution in [3.05, 3.63) is 57.8 Å². The Morgan fingerprint density at radius 2 is 2.14 bits per heavy atom. The van der Waals surface area contributed by atoms with E-state index in [1.165, 1.54) is 16.9 Å². The molecule has 0 N–H and O–H groups in total. The van der Waals surface area contributed by atoms with E-state index in [1.807, 2.05) is 41.8 Å². The number of carbonyl (C=O) groups is 1. The minimum absolute atomic E-state index is 0.256. The largest absolute Gasteiger partial charge is 0.296 e. The van der Waals surface area contributed by atoms with Gasteiger partial charge < -0.3 is 0 Å². The first-order valence-corrected chi connectivity index (χ1v) is 8.44. The summed E-state index contributed by atoms with van der Waals surface area (Å²) in [5.41, 5.74) is 1.89. The van der Waals surface area contributed by atoms with Gasteiger partial charge in [0.1, 0.15) is 0 Å². The molecule has 0 aliphatic carbocycles. The molecule has 0 spiro atoms. The van der Waals surface area contributed by atoms with Crippen molar-refractivity contribution in [1.82, 2.24) is 4.90 Å². The summed E-state index contributed by atoms with van der Waals surface area (Å²) in [6.07, 6.45) is 2.85. The van der Waals surface area contributed by atoms with Gasteiger partial charge >= 0.3 is 0 Å². The fraction of sp³-hybridized carbons (Fsp3) is 0.333. The standard InChI is InChI=1S/C18H18N2OS/c19-12-14-5-7-15(8-6-14)13-20-9-1-3-16(20)11-17(21)18-4-2-10-22-18/h2,4-8,10,16H,1,3,9,11,13H2. The van der Waals surface area contributed by atoms with Crippen LogP contribution in [0.1, 0.15) is 40.1 Å². The Morgan fingerprint density at radius 3 is 2.82 bits per heavy atom. The van der Waals surface area contributed by atoms with Gasteiger partial charge in [0.25, 0.3) is 0 Å². The average molecular weight is 310 g/mol. The Morgan fingerprint density at radius 1 is 1.32 bits per heavy atom. The number of rotatable bonds is 5. The van der Waals surface area contributed by atoms with Crippen molar-refractivity contribution >= 4 is 17.1 Å². The molecule has 112 valence electrons. The van der Waals surface area contributed by atoms with Gasteiger partial charge in [-0.2, -0.15) is 5.26 Å². The molecule has 3 rings (SSSR count). The molecule has 1 saturated heterocycles. The van der Waals surface area contributed by atoms with Gasteiger partial charge in [-0.15, -0.1) is 11.3 Å². The molecule has 0 radical (unpaired) electrons. The van der Waals surface area contributed by atoms with Crippen LogP contribution in [-0.4, -0.2) is 23.3 Å². The SMILES string of the molecule is N#Cc1ccc(CN2CCCC2CC(=O)c2cccs2)cc1. The van der Waals surface area contributed by atoms with Gasteiger partial charge in [-0.3, -0.25) is 9.69 Å². The van der Waals surface area contributed by atoms with Crippen molar-refractivity contribution in [2.24, 2.45) is 0 Å². The molecule has 22 heavy (non-hydrogen) atoms. The second-order valence-corrected chi connectivity index (χ2v) is 6.63. The minimum atomic E-state index is 0.256. The Labute approximate surface area is 134 Å². The summed E-state index contributed by atoms with van der Waals surface area (Å²) in [6.45, 7) is 1.90. The molecule has 3 nitrogen and oxygen atoms in total. The fourth-order valence-electron chi connectivity index (χ4n) is 3.01. The van der Waals surface area contributed by atoms with Crippen molar-refractivity contribution in [2.75, 3.05) is 6.54 Å². The highest BCUT2D eigenvalue weighted by atomic mass is 32.1. The van der Waals surface area contributed by atoms with Crippen LogP contribution in [0.2, 0.25) is 0 Å². The van der Waals surface area contributed by atoms with E-state index in [1.54, 1.807) is 0 Å². The third kappa shape index (κ3) is 3.44. The van der Waals surface area contributed by atoms with Crippen LogP contribution in [0, 0.1) is 11.3 Å². The summed E-state index contributed by atoms with van der Waals surface area (Å²) < 4.78 is 0. The molecular weight excluding hydrogens is 292 g/mol. The van der Waals surface area contributed by atoms with Crippen molar-refractivity contribution in [3.63, 3.8) is 0 Å². The Hall–Kier alpha value is -1.96. The highest BCUT2D eigenvalue weighted by molar-refractivity contribution is 7.12. The van der Waals surface area contributed by atoms with Gasteiger partial charge in [0, 0.05) is 19.0 Å². The van der Waals surface area contributed by atoms with E-state index in [0.29, 0.717) is 18.0 Å². The number of Topliss-reactive ketones (excluding diaryl/α,β-unsaturated/α-hetero) is 1. The van der Waals surface area contributed by atoms with E-state index < -0.39 is 0 Å². The normalized spacial score (nSPS) is 18.2. The number of ketones is 1. The number of carbonyl (C=O) groups excluding carboxylic acids is 1. The van der Waals surface area contributed by atoms with E-state index in [2.05, 4.69) is 11.0 Å². The molecule has 0 amide bonds. The Kier molecular flexibility index (Phi) is 4.67. The van der Waals surface area contributed by atoms with Crippen LogP contribution >= 0.6 is 11.3 Å². The van der Waals surface area contributed by atoms with Crippen molar-refractivity contribution in [1.29, 1.82) is 5.26 Å². The fourth-order valence-corrected chi connectivity index (χ4v) is 3.68. The molecule has 0 bridgehead atoms. The van der Waals surface area contributed by atoms with Gasteiger partial charge in [-0.05, 0) is 48.5 Å². The third-order valence-corrected chi connectivity index (χ3v) is 5.10. The first-order valence-electron chi connectivity index (χ1n) is 7.56. The number of thiophene rings is 1. The predicted octanol–water partition coefficient (Wildman–Crippen LogP) is 3.86. The van der Waals surface area contributed by atoms with Crippen LogP contribution in [0.4, 0.5) is 0 Å². The molecule has 0 saturated carbocycles. The van der Waals surface area contributed by atoms with Crippen LogP contribution in [0.3, 0.4) is 0 Å². The van der Waals surface area contributed by atoms with Crippen LogP contribution in [0.5, 0.6) is 0 Å². The zero-order chi connectivity index (χ0) is 15.4. The maximum Gasteiger partial charge on any atom is 0.174 e. The molecular formula is C18H18N2OS. The molecule has 1 aromatic heterocycles. The lowest BCUT2D eigenvalue weighted by atomic mass is 10.1. The quantitative estimate of drug-likeness (QED) is 0.788. The number of nitriles is 1. The summed E-state index contributed by atoms with van der Waals surface area (Å²) in [6, 6.07) is 14.1. The van der Waals surface area contributed by atoms with Gasteiger partial charge in [-0.1, -0.05) is 18.2 Å². The molecule has 1 unspecified atom stereocenters. The van der Waals surface area contributed by atoms with Crippen LogP contribution in [0.15, 0.2) is 41.8 Å². The highest BCUT2D eigenvalue weighted by Gasteiger charge is 2.27. The number of hydrogen-bond acceptors (Lipinski definition) is 4. The van der Waals surface area contributed by atoms with E-state index in [9.17, 15) is 4.79 Å². The van der Waals surface area contributed by atoms with Crippen LogP contribution in [-0.2, 0) is 6.54 Å². The molecule has 1 aliphatic heterocycles. The third-order valence-electron chi connectivity index (χ3n) is 4.18. The summed E-state index contributed by atoms with van der Waals surface area (Å²) in [4.78, 5) is 15.6. The topological polar surface area (TPSA) is 44.1 Å². The molecule has 1 aliphatic rings. The highest BCUT2D eigenvalue weighted by Crippen LogP contribution is 2.25. The minimum Gasteiger partial charge on any atom is -0.296 e. The molecule has 1 aromatic carbocycles. The van der Waals surface area contributed by atoms with Crippen molar-refractivity contribution in [3.8, 4) is 6.07 Å². The summed E-state index contributed by atoms with van der Waals surface area (Å²) in [5.74, 6) is 0.256. The second kappa shape index (κ2) is 6.87. The lowest BCUT2D eigenvalue weighted by Gasteiger charge is -2.24. The Balaban J connectivity index is 1.63. The number of hydrogen-bond donors (Lipinski definition) is 0. The maximum absolute atomic E-state index is 12.3. The Bertz CT molecular complexity index is 670. The molecule has 1 fully saturated rings. The number of likely N-dealkylation sites (tertiary alicyclic amines) is 1. The van der Waals surface area contributed by atoms with Gasteiger partial charge in [0.2, 0.25) is 0 Å². The van der Waals surface area contributed by atoms with E-state index in [4.69, 9.17) is 5.26 Å². The van der Waals surface area contributed by atoms with Gasteiger partial charge in [0.05, 0.1) is 16.5 Å². The summed E-state index contributed by atoms with van der Waals surface area (Å²) >= 11 is 1.53. The zero-order valence-corrected chi connectivity index (χ0v) is 13.2. The van der Waals surface area contributed by atoms with E-state index in [-0.39, 0.29) is 5.78 Å². The molecule has 2 heterocycles. The number of nitrogens with zero attached hydrogens (tertiary/aromatic N) is 2. The molecule has 2 aromatic rings. The zero-order valence-electron chi connectivity index (χ0n) is 12.4. The monoisotopic (exact) mass is 310 g/mol. The van der Waals surface area contributed by atoms with Crippen LogP contribution in [0.25, 0.3) is 0 Å². The summed E-state index contributed by atoms with van der Waals surface area (Å²) in [5, 5.41) is 10.8. The lowest BCUT2D eigenvalue weighted by Crippen LogP contribution is -2.30.